The average Bonchev–Trinajstić information content (AvgIpc) is 3.49. The zero-order valence-corrected chi connectivity index (χ0v) is 25.3. The van der Waals surface area contributed by atoms with Crippen LogP contribution in [0.4, 0.5) is 5.69 Å². The Balaban J connectivity index is 1.71. The molecule has 1 aromatic heterocycles. The summed E-state index contributed by atoms with van der Waals surface area (Å²) in [5.41, 5.74) is 3.71. The van der Waals surface area contributed by atoms with Crippen LogP contribution in [0.15, 0.2) is 99.1 Å². The van der Waals surface area contributed by atoms with E-state index in [9.17, 15) is 14.4 Å². The van der Waals surface area contributed by atoms with E-state index in [4.69, 9.17) is 9.73 Å². The van der Waals surface area contributed by atoms with Crippen LogP contribution in [0.2, 0.25) is 0 Å². The maximum absolute atomic E-state index is 14.5. The van der Waals surface area contributed by atoms with Gasteiger partial charge in [-0.2, -0.15) is 0 Å². The van der Waals surface area contributed by atoms with Crippen molar-refractivity contribution in [1.82, 2.24) is 4.57 Å². The summed E-state index contributed by atoms with van der Waals surface area (Å²) in [6.45, 7) is 5.83. The van der Waals surface area contributed by atoms with E-state index in [1.54, 1.807) is 28.2 Å². The number of nitrogens with zero attached hydrogens (tertiary/aromatic N) is 3. The van der Waals surface area contributed by atoms with Gasteiger partial charge in [0.05, 0.1) is 35.2 Å². The minimum atomic E-state index is -0.797. The summed E-state index contributed by atoms with van der Waals surface area (Å²) in [7, 11) is 0. The number of anilines is 1. The lowest BCUT2D eigenvalue weighted by Crippen LogP contribution is -2.41. The Morgan fingerprint density at radius 2 is 1.69 bits per heavy atom. The van der Waals surface area contributed by atoms with Crippen molar-refractivity contribution in [1.29, 1.82) is 0 Å². The summed E-state index contributed by atoms with van der Waals surface area (Å²) in [4.78, 5) is 50.1. The van der Waals surface area contributed by atoms with Crippen molar-refractivity contribution in [3.8, 4) is 0 Å². The summed E-state index contributed by atoms with van der Waals surface area (Å²) in [5.74, 6) is -0.754. The number of thioether (sulfide) groups is 1. The van der Waals surface area contributed by atoms with Gasteiger partial charge in [-0.1, -0.05) is 72.0 Å². The second-order valence-corrected chi connectivity index (χ2v) is 12.0. The Kier molecular flexibility index (Phi) is 7.47. The Morgan fingerprint density at radius 1 is 1.00 bits per heavy atom. The van der Waals surface area contributed by atoms with Crippen LogP contribution in [0.3, 0.4) is 0 Å². The third kappa shape index (κ3) is 4.53. The van der Waals surface area contributed by atoms with Crippen LogP contribution in [0.1, 0.15) is 43.5 Å². The van der Waals surface area contributed by atoms with E-state index in [1.165, 1.54) is 11.3 Å². The molecule has 42 heavy (non-hydrogen) atoms. The number of benzene rings is 3. The molecule has 0 fully saturated rings. The Morgan fingerprint density at radius 3 is 2.36 bits per heavy atom. The second kappa shape index (κ2) is 11.2. The number of ether oxygens (including phenoxy) is 1. The number of hydrogen-bond acceptors (Lipinski definition) is 7. The van der Waals surface area contributed by atoms with Gasteiger partial charge < -0.3 is 9.64 Å². The smallest absolute Gasteiger partial charge is 0.338 e. The molecule has 4 aromatic rings. The molecule has 0 aliphatic carbocycles. The quantitative estimate of drug-likeness (QED) is 0.237. The lowest BCUT2D eigenvalue weighted by atomic mass is 9.93. The zero-order valence-electron chi connectivity index (χ0n) is 23.7. The molecule has 3 heterocycles. The van der Waals surface area contributed by atoms with E-state index in [1.807, 2.05) is 99.0 Å². The second-order valence-electron chi connectivity index (χ2n) is 10.2. The minimum absolute atomic E-state index is 0.0948. The fourth-order valence-electron chi connectivity index (χ4n) is 5.56. The van der Waals surface area contributed by atoms with Gasteiger partial charge >= 0.3 is 5.97 Å². The Labute approximate surface area is 251 Å². The van der Waals surface area contributed by atoms with Crippen LogP contribution in [-0.2, 0) is 14.3 Å². The van der Waals surface area contributed by atoms with E-state index in [-0.39, 0.29) is 29.7 Å². The lowest BCUT2D eigenvalue weighted by molar-refractivity contribution is -0.138. The van der Waals surface area contributed by atoms with E-state index in [2.05, 4.69) is 0 Å². The summed E-state index contributed by atoms with van der Waals surface area (Å²) < 4.78 is 7.41. The predicted octanol–water partition coefficient (Wildman–Crippen LogP) is 4.78. The van der Waals surface area contributed by atoms with Crippen molar-refractivity contribution in [3.63, 3.8) is 0 Å². The molecule has 0 N–H and O–H groups in total. The predicted molar refractivity (Wildman–Crippen MR) is 167 cm³/mol. The summed E-state index contributed by atoms with van der Waals surface area (Å²) in [6, 6.07) is 23.9. The van der Waals surface area contributed by atoms with Crippen molar-refractivity contribution in [3.05, 3.63) is 121 Å². The highest BCUT2D eigenvalue weighted by Crippen LogP contribution is 2.38. The molecule has 2 aliphatic heterocycles. The largest absolute Gasteiger partial charge is 0.463 e. The normalized spacial score (nSPS) is 17.3. The number of carbonyl (C=O) groups is 2. The topological polar surface area (TPSA) is 81.0 Å². The highest BCUT2D eigenvalue weighted by Gasteiger charge is 2.38. The molecule has 0 spiro atoms. The molecule has 2 aliphatic rings. The van der Waals surface area contributed by atoms with Crippen LogP contribution in [0.5, 0.6) is 0 Å². The monoisotopic (exact) mass is 595 g/mol. The Hall–Kier alpha value is -4.21. The van der Waals surface area contributed by atoms with Crippen molar-refractivity contribution in [2.24, 2.45) is 4.99 Å². The van der Waals surface area contributed by atoms with Gasteiger partial charge in [-0.15, -0.1) is 11.8 Å². The molecule has 0 saturated carbocycles. The summed E-state index contributed by atoms with van der Waals surface area (Å²) in [5, 5.41) is 0. The van der Waals surface area contributed by atoms with Gasteiger partial charge in [-0.3, -0.25) is 14.2 Å². The van der Waals surface area contributed by atoms with Crippen LogP contribution in [0.25, 0.3) is 11.3 Å². The first-order valence-corrected chi connectivity index (χ1v) is 15.8. The third-order valence-corrected chi connectivity index (χ3v) is 9.19. The molecule has 0 bridgehead atoms. The molecule has 212 valence electrons. The van der Waals surface area contributed by atoms with Gasteiger partial charge in [0.25, 0.3) is 11.5 Å². The number of amides is 1. The maximum atomic E-state index is 14.5. The standard InChI is InChI=1S/C33H29N3O4S2/c1-5-40-32(39)26-27(20-11-7-6-8-12-20)34-33-36(28(26)21-15-17-22(41-4)18-16-21)31(38)29(42-33)25-23-13-9-10-14-24(23)35(19(2)3)30(25)37/h6-19,28H,5H2,1-4H3/b29-25+/t28-/m1/s1. The van der Waals surface area contributed by atoms with Crippen LogP contribution >= 0.6 is 23.1 Å². The van der Waals surface area contributed by atoms with Crippen molar-refractivity contribution in [2.45, 2.75) is 37.8 Å². The molecule has 0 saturated heterocycles. The number of para-hydroxylation sites is 1. The molecule has 7 nitrogen and oxygen atoms in total. The summed E-state index contributed by atoms with van der Waals surface area (Å²) in [6.07, 6.45) is 1.99. The molecular formula is C33H29N3O4S2. The minimum Gasteiger partial charge on any atom is -0.463 e. The lowest BCUT2D eigenvalue weighted by Gasteiger charge is -2.26. The van der Waals surface area contributed by atoms with E-state index in [0.717, 1.165) is 27.3 Å². The van der Waals surface area contributed by atoms with Gasteiger partial charge in [-0.05, 0) is 50.8 Å². The van der Waals surface area contributed by atoms with Gasteiger partial charge in [0, 0.05) is 22.1 Å². The number of aromatic nitrogens is 1. The maximum Gasteiger partial charge on any atom is 0.338 e. The molecule has 1 atom stereocenters. The van der Waals surface area contributed by atoms with Gasteiger partial charge in [0.15, 0.2) is 4.80 Å². The zero-order chi connectivity index (χ0) is 29.5. The van der Waals surface area contributed by atoms with Gasteiger partial charge in [0.1, 0.15) is 4.53 Å². The van der Waals surface area contributed by atoms with Crippen LogP contribution in [-0.4, -0.2) is 35.3 Å². The number of rotatable bonds is 6. The molecular weight excluding hydrogens is 567 g/mol. The highest BCUT2D eigenvalue weighted by molar-refractivity contribution is 7.98. The number of carbonyl (C=O) groups excluding carboxylic acids is 2. The molecule has 0 radical (unpaired) electrons. The van der Waals surface area contributed by atoms with E-state index in [0.29, 0.717) is 20.6 Å². The first-order valence-electron chi connectivity index (χ1n) is 13.7. The fraction of sp³-hybridized carbons (Fsp3) is 0.212. The first kappa shape index (κ1) is 27.9. The van der Waals surface area contributed by atoms with E-state index < -0.39 is 12.0 Å². The average molecular weight is 596 g/mol. The molecule has 3 aromatic carbocycles. The molecule has 0 unspecified atom stereocenters. The number of esters is 1. The van der Waals surface area contributed by atoms with E-state index >= 15 is 0 Å². The molecule has 6 rings (SSSR count). The number of thiazole rings is 1. The highest BCUT2D eigenvalue weighted by atomic mass is 32.2. The molecule has 9 heteroatoms. The fourth-order valence-corrected chi connectivity index (χ4v) is 7.06. The van der Waals surface area contributed by atoms with Crippen molar-refractivity contribution < 1.29 is 14.3 Å². The number of hydrogen-bond donors (Lipinski definition) is 0. The Bertz CT molecular complexity index is 1920. The third-order valence-electron chi connectivity index (χ3n) is 7.39. The van der Waals surface area contributed by atoms with Crippen molar-refractivity contribution >= 4 is 51.9 Å². The first-order chi connectivity index (χ1) is 20.3. The van der Waals surface area contributed by atoms with Crippen molar-refractivity contribution in [2.75, 3.05) is 17.8 Å². The van der Waals surface area contributed by atoms with Crippen LogP contribution in [0, 0.1) is 0 Å². The van der Waals surface area contributed by atoms with Crippen LogP contribution < -0.4 is 19.8 Å². The van der Waals surface area contributed by atoms with Gasteiger partial charge in [-0.25, -0.2) is 9.79 Å². The molecule has 1 amide bonds. The van der Waals surface area contributed by atoms with Gasteiger partial charge in [0.2, 0.25) is 0 Å². The number of fused-ring (bicyclic) bond motifs is 2. The SMILES string of the molecule is CCOC(=O)C1=C(c2ccccc2)N=c2s/c(=C3/C(=O)N(C(C)C)c4ccccc43)c(=O)n2[C@@H]1c1ccc(SC)cc1. The summed E-state index contributed by atoms with van der Waals surface area (Å²) >= 11 is 2.79.